The second kappa shape index (κ2) is 8.51. The van der Waals surface area contributed by atoms with Gasteiger partial charge < -0.3 is 10.1 Å². The van der Waals surface area contributed by atoms with E-state index >= 15 is 0 Å². The van der Waals surface area contributed by atoms with Gasteiger partial charge in [-0.1, -0.05) is 30.3 Å². The van der Waals surface area contributed by atoms with Gasteiger partial charge >= 0.3 is 6.36 Å². The number of amides is 1. The van der Waals surface area contributed by atoms with Gasteiger partial charge in [-0.3, -0.25) is 9.10 Å². The zero-order valence-electron chi connectivity index (χ0n) is 15.2. The van der Waals surface area contributed by atoms with E-state index in [4.69, 9.17) is 0 Å². The molecule has 1 amide bonds. The van der Waals surface area contributed by atoms with Gasteiger partial charge in [0.15, 0.2) is 0 Å². The molecule has 152 valence electrons. The Morgan fingerprint density at radius 3 is 2.25 bits per heavy atom. The number of halogens is 3. The van der Waals surface area contributed by atoms with Crippen LogP contribution in [0.2, 0.25) is 0 Å². The molecule has 0 spiro atoms. The number of anilines is 1. The average Bonchev–Trinajstić information content (AvgIpc) is 2.57. The number of nitrogens with one attached hydrogen (secondary N) is 1. The number of nitrogens with zero attached hydrogens (tertiary/aromatic N) is 1. The largest absolute Gasteiger partial charge is 0.573 e. The van der Waals surface area contributed by atoms with Crippen molar-refractivity contribution in [1.29, 1.82) is 0 Å². The number of ether oxygens (including phenoxy) is 1. The summed E-state index contributed by atoms with van der Waals surface area (Å²) in [5.74, 6) is -0.922. The molecule has 2 aromatic carbocycles. The number of alkyl halides is 3. The predicted octanol–water partition coefficient (Wildman–Crippen LogP) is 2.98. The first-order valence-electron chi connectivity index (χ1n) is 8.10. The van der Waals surface area contributed by atoms with Gasteiger partial charge in [-0.25, -0.2) is 8.42 Å². The molecule has 0 unspecified atom stereocenters. The summed E-state index contributed by atoms with van der Waals surface area (Å²) in [6, 6.07) is 11.8. The van der Waals surface area contributed by atoms with Crippen molar-refractivity contribution in [3.8, 4) is 5.75 Å². The molecule has 2 rings (SSSR count). The molecular formula is C18H19F3N2O4S. The lowest BCUT2D eigenvalue weighted by Crippen LogP contribution is -2.40. The van der Waals surface area contributed by atoms with Gasteiger partial charge in [-0.15, -0.1) is 13.2 Å². The average molecular weight is 416 g/mol. The lowest BCUT2D eigenvalue weighted by Gasteiger charge is -2.23. The number of aryl methyl sites for hydroxylation is 1. The maximum absolute atomic E-state index is 12.2. The molecular weight excluding hydrogens is 397 g/mol. The molecule has 0 aromatic heterocycles. The Morgan fingerprint density at radius 2 is 1.71 bits per heavy atom. The van der Waals surface area contributed by atoms with Crippen LogP contribution in [0.25, 0.3) is 0 Å². The van der Waals surface area contributed by atoms with Crippen molar-refractivity contribution < 1.29 is 31.1 Å². The summed E-state index contributed by atoms with van der Waals surface area (Å²) in [6.45, 7) is 1.34. The minimum Gasteiger partial charge on any atom is -0.406 e. The number of benzene rings is 2. The molecule has 1 N–H and O–H groups in total. The number of para-hydroxylation sites is 1. The van der Waals surface area contributed by atoms with E-state index < -0.39 is 28.8 Å². The minimum atomic E-state index is -4.78. The summed E-state index contributed by atoms with van der Waals surface area (Å²) in [5.41, 5.74) is 1.62. The Balaban J connectivity index is 2.01. The molecule has 28 heavy (non-hydrogen) atoms. The number of rotatable bonds is 7. The predicted molar refractivity (Wildman–Crippen MR) is 98.3 cm³/mol. The maximum atomic E-state index is 12.2. The summed E-state index contributed by atoms with van der Waals surface area (Å²) < 4.78 is 65.4. The van der Waals surface area contributed by atoms with Gasteiger partial charge in [-0.05, 0) is 36.2 Å². The Hall–Kier alpha value is -2.75. The molecule has 0 aliphatic rings. The third kappa shape index (κ3) is 6.45. The summed E-state index contributed by atoms with van der Waals surface area (Å²) in [6.07, 6.45) is -3.77. The van der Waals surface area contributed by atoms with Crippen molar-refractivity contribution in [3.05, 3.63) is 59.7 Å². The minimum absolute atomic E-state index is 0.0243. The lowest BCUT2D eigenvalue weighted by molar-refractivity contribution is -0.274. The van der Waals surface area contributed by atoms with E-state index in [1.807, 2.05) is 0 Å². The smallest absolute Gasteiger partial charge is 0.406 e. The summed E-state index contributed by atoms with van der Waals surface area (Å²) in [4.78, 5) is 12.2. The number of hydrogen-bond acceptors (Lipinski definition) is 4. The van der Waals surface area contributed by atoms with E-state index in [9.17, 15) is 26.4 Å². The van der Waals surface area contributed by atoms with Crippen LogP contribution in [0.5, 0.6) is 5.75 Å². The van der Waals surface area contributed by atoms with Crippen molar-refractivity contribution in [2.45, 2.75) is 19.8 Å². The monoisotopic (exact) mass is 416 g/mol. The number of carbonyl (C=O) groups is 1. The van der Waals surface area contributed by atoms with E-state index in [1.165, 1.54) is 12.1 Å². The van der Waals surface area contributed by atoms with Crippen molar-refractivity contribution in [2.75, 3.05) is 17.1 Å². The third-order valence-corrected chi connectivity index (χ3v) is 4.84. The number of carbonyl (C=O) groups excluding carboxylic acids is 1. The number of sulfonamides is 1. The topological polar surface area (TPSA) is 75.7 Å². The highest BCUT2D eigenvalue weighted by Crippen LogP contribution is 2.23. The molecule has 0 fully saturated rings. The van der Waals surface area contributed by atoms with Crippen LogP contribution in [0.15, 0.2) is 48.5 Å². The molecule has 0 bridgehead atoms. The van der Waals surface area contributed by atoms with Crippen LogP contribution in [0, 0.1) is 6.92 Å². The first-order chi connectivity index (χ1) is 13.0. The Labute approximate surface area is 161 Å². The fraction of sp³-hybridized carbons (Fsp3) is 0.278. The summed E-state index contributed by atoms with van der Waals surface area (Å²) in [7, 11) is -3.69. The molecule has 0 saturated carbocycles. The van der Waals surface area contributed by atoms with Gasteiger partial charge in [0.05, 0.1) is 11.9 Å². The maximum Gasteiger partial charge on any atom is 0.573 e. The first kappa shape index (κ1) is 21.5. The van der Waals surface area contributed by atoms with E-state index in [1.54, 1.807) is 31.2 Å². The van der Waals surface area contributed by atoms with Crippen molar-refractivity contribution in [3.63, 3.8) is 0 Å². The van der Waals surface area contributed by atoms with Gasteiger partial charge in [-0.2, -0.15) is 0 Å². The van der Waals surface area contributed by atoms with Gasteiger partial charge in [0.1, 0.15) is 12.3 Å². The van der Waals surface area contributed by atoms with Crippen molar-refractivity contribution >= 4 is 21.6 Å². The highest BCUT2D eigenvalue weighted by Gasteiger charge is 2.31. The van der Waals surface area contributed by atoms with E-state index in [0.29, 0.717) is 16.8 Å². The molecule has 0 atom stereocenters. The summed E-state index contributed by atoms with van der Waals surface area (Å²) in [5, 5.41) is 2.55. The molecule has 2 aromatic rings. The van der Waals surface area contributed by atoms with Gasteiger partial charge in [0.25, 0.3) is 0 Å². The van der Waals surface area contributed by atoms with Crippen LogP contribution >= 0.6 is 0 Å². The van der Waals surface area contributed by atoms with Crippen LogP contribution in [0.4, 0.5) is 18.9 Å². The van der Waals surface area contributed by atoms with Crippen LogP contribution in [0.3, 0.4) is 0 Å². The fourth-order valence-corrected chi connectivity index (χ4v) is 3.33. The van der Waals surface area contributed by atoms with E-state index in [2.05, 4.69) is 10.1 Å². The van der Waals surface area contributed by atoms with Gasteiger partial charge in [0.2, 0.25) is 15.9 Å². The Bertz CT molecular complexity index is 929. The third-order valence-electron chi connectivity index (χ3n) is 3.72. The van der Waals surface area contributed by atoms with Crippen molar-refractivity contribution in [1.82, 2.24) is 5.32 Å². The van der Waals surface area contributed by atoms with E-state index in [0.717, 1.165) is 22.7 Å². The second-order valence-corrected chi connectivity index (χ2v) is 7.93. The standard InChI is InChI=1S/C18H19F3N2O4S/c1-13-5-3-4-6-16(13)23(28(2,25)26)12-17(24)22-11-14-7-9-15(10-8-14)27-18(19,20)21/h3-10H,11-12H2,1-2H3,(H,22,24). The Morgan fingerprint density at radius 1 is 1.11 bits per heavy atom. The van der Waals surface area contributed by atoms with Gasteiger partial charge in [0, 0.05) is 6.54 Å². The molecule has 0 aliphatic heterocycles. The second-order valence-electron chi connectivity index (χ2n) is 6.02. The summed E-state index contributed by atoms with van der Waals surface area (Å²) >= 11 is 0. The fourth-order valence-electron chi connectivity index (χ4n) is 2.42. The molecule has 0 radical (unpaired) electrons. The molecule has 0 heterocycles. The molecule has 0 saturated heterocycles. The lowest BCUT2D eigenvalue weighted by atomic mass is 10.2. The zero-order chi connectivity index (χ0) is 20.9. The zero-order valence-corrected chi connectivity index (χ0v) is 16.0. The highest BCUT2D eigenvalue weighted by molar-refractivity contribution is 7.92. The van der Waals surface area contributed by atoms with Crippen LogP contribution < -0.4 is 14.4 Å². The SMILES string of the molecule is Cc1ccccc1N(CC(=O)NCc1ccc(OC(F)(F)F)cc1)S(C)(=O)=O. The molecule has 0 aliphatic carbocycles. The highest BCUT2D eigenvalue weighted by atomic mass is 32.2. The number of hydrogen-bond donors (Lipinski definition) is 1. The van der Waals surface area contributed by atoms with Crippen molar-refractivity contribution in [2.24, 2.45) is 0 Å². The quantitative estimate of drug-likeness (QED) is 0.753. The molecule has 10 heteroatoms. The Kier molecular flexibility index (Phi) is 6.55. The van der Waals surface area contributed by atoms with Crippen LogP contribution in [-0.4, -0.2) is 33.5 Å². The van der Waals surface area contributed by atoms with Crippen LogP contribution in [-0.2, 0) is 21.4 Å². The van der Waals surface area contributed by atoms with E-state index in [-0.39, 0.29) is 12.3 Å². The first-order valence-corrected chi connectivity index (χ1v) is 9.95. The molecule has 6 nitrogen and oxygen atoms in total. The van der Waals surface area contributed by atoms with Crippen LogP contribution in [0.1, 0.15) is 11.1 Å². The normalized spacial score (nSPS) is 11.8.